The molecule has 8 nitrogen and oxygen atoms in total. The molecule has 11 N–H and O–H groups in total. The number of nitrogens with two attached hydrogens (primary N) is 1. The minimum Gasteiger partial charge on any atom is -0.548 e. The monoisotopic (exact) mass is 287 g/mol. The predicted molar refractivity (Wildman–Crippen MR) is 69.7 cm³/mol. The lowest BCUT2D eigenvalue weighted by molar-refractivity contribution is -0.326. The Balaban J connectivity index is 0. The zero-order valence-corrected chi connectivity index (χ0v) is 11.5. The van der Waals surface area contributed by atoms with E-state index in [0.29, 0.717) is 5.56 Å². The molecule has 0 unspecified atom stereocenters. The highest BCUT2D eigenvalue weighted by Gasteiger charge is 2.31. The predicted octanol–water partition coefficient (Wildman–Crippen LogP) is -2.07. The Kier molecular flexibility index (Phi) is 8.36. The number of quaternary nitrogens is 2. The maximum absolute atomic E-state index is 11.0. The maximum Gasteiger partial charge on any atom is 0.110 e. The van der Waals surface area contributed by atoms with Gasteiger partial charge < -0.3 is 42.9 Å². The minimum absolute atomic E-state index is 0. The number of hydrogen-bond donors (Lipinski definition) is 4. The number of carbonyl (C=O) groups is 2. The summed E-state index contributed by atoms with van der Waals surface area (Å²) in [5.74, 6) is -3.38. The van der Waals surface area contributed by atoms with Crippen LogP contribution in [0.4, 0.5) is 0 Å². The molecule has 1 aromatic carbocycles. The number of hydrogen-bond acceptors (Lipinski definition) is 6. The highest BCUT2D eigenvalue weighted by atomic mass is 16.4. The van der Waals surface area contributed by atoms with E-state index in [1.165, 1.54) is 0 Å². The number of aliphatic carboxylic acids is 2. The lowest BCUT2D eigenvalue weighted by Crippen LogP contribution is -2.56. The fourth-order valence-electron chi connectivity index (χ4n) is 1.61. The van der Waals surface area contributed by atoms with Gasteiger partial charge in [0.05, 0.1) is 11.9 Å². The van der Waals surface area contributed by atoms with Crippen molar-refractivity contribution in [3.63, 3.8) is 0 Å². The minimum atomic E-state index is -2.33. The molecule has 0 bridgehead atoms. The van der Waals surface area contributed by atoms with Crippen LogP contribution in [0.2, 0.25) is 0 Å². The van der Waals surface area contributed by atoms with E-state index in [0.717, 1.165) is 0 Å². The summed E-state index contributed by atoms with van der Waals surface area (Å²) in [5.41, 5.74) is 3.39. The average molecular weight is 287 g/mol. The van der Waals surface area contributed by atoms with Crippen LogP contribution in [0.5, 0.6) is 0 Å². The highest BCUT2D eigenvalue weighted by Crippen LogP contribution is 2.18. The van der Waals surface area contributed by atoms with Crippen molar-refractivity contribution >= 4 is 11.9 Å². The Labute approximate surface area is 116 Å². The van der Waals surface area contributed by atoms with Crippen molar-refractivity contribution in [2.75, 3.05) is 0 Å². The largest absolute Gasteiger partial charge is 0.548 e. The van der Waals surface area contributed by atoms with Crippen molar-refractivity contribution in [1.82, 2.24) is 12.3 Å². The molecular weight excluding hydrogens is 266 g/mol. The second-order valence-corrected chi connectivity index (χ2v) is 4.11. The normalized spacial score (nSPS) is 14.1. The SMILES string of the molecule is N[C@@H](C[C@](O)(Cc1ccccc1)C(=O)[O-])C(=O)[O-].[NH4+].[NH4+]. The van der Waals surface area contributed by atoms with Gasteiger partial charge in [-0.2, -0.15) is 0 Å². The second kappa shape index (κ2) is 8.23. The van der Waals surface area contributed by atoms with Gasteiger partial charge >= 0.3 is 0 Å². The molecule has 114 valence electrons. The van der Waals surface area contributed by atoms with Crippen molar-refractivity contribution in [2.24, 2.45) is 5.73 Å². The van der Waals surface area contributed by atoms with Crippen molar-refractivity contribution in [3.05, 3.63) is 35.9 Å². The van der Waals surface area contributed by atoms with Gasteiger partial charge in [0.2, 0.25) is 0 Å². The van der Waals surface area contributed by atoms with E-state index in [1.807, 2.05) is 0 Å². The van der Waals surface area contributed by atoms with E-state index in [4.69, 9.17) is 5.73 Å². The lowest BCUT2D eigenvalue weighted by atomic mass is 9.88. The van der Waals surface area contributed by atoms with Crippen LogP contribution in [0, 0.1) is 0 Å². The van der Waals surface area contributed by atoms with Gasteiger partial charge in [-0.05, 0) is 5.56 Å². The van der Waals surface area contributed by atoms with Gasteiger partial charge in [0, 0.05) is 18.9 Å². The fraction of sp³-hybridized carbons (Fsp3) is 0.333. The van der Waals surface area contributed by atoms with E-state index in [2.05, 4.69) is 0 Å². The molecule has 0 aliphatic rings. The summed E-state index contributed by atoms with van der Waals surface area (Å²) in [6.07, 6.45) is -0.955. The van der Waals surface area contributed by atoms with Crippen LogP contribution in [0.1, 0.15) is 12.0 Å². The molecule has 0 aromatic heterocycles. The molecule has 0 saturated carbocycles. The number of carboxylic acids is 2. The molecule has 0 spiro atoms. The Hall–Kier alpha value is -2.00. The van der Waals surface area contributed by atoms with Gasteiger partial charge in [0.1, 0.15) is 5.60 Å². The molecular formula is C12H21N3O5. The number of carboxylic acid groups (broad SMARTS) is 2. The molecule has 0 fully saturated rings. The molecule has 0 aliphatic heterocycles. The van der Waals surface area contributed by atoms with Gasteiger partial charge in [-0.15, -0.1) is 0 Å². The third kappa shape index (κ3) is 5.33. The first-order valence-corrected chi connectivity index (χ1v) is 5.29. The van der Waals surface area contributed by atoms with E-state index >= 15 is 0 Å². The topological polar surface area (TPSA) is 200 Å². The number of rotatable bonds is 6. The summed E-state index contributed by atoms with van der Waals surface area (Å²) in [5, 5.41) is 31.4. The molecule has 2 atom stereocenters. The van der Waals surface area contributed by atoms with Gasteiger partial charge in [0.15, 0.2) is 0 Å². The van der Waals surface area contributed by atoms with E-state index in [1.54, 1.807) is 30.3 Å². The molecule has 0 saturated heterocycles. The Morgan fingerprint density at radius 3 is 2.10 bits per heavy atom. The highest BCUT2D eigenvalue weighted by molar-refractivity contribution is 5.78. The third-order valence-corrected chi connectivity index (χ3v) is 2.58. The number of aliphatic hydroxyl groups is 1. The van der Waals surface area contributed by atoms with Crippen LogP contribution in [0.3, 0.4) is 0 Å². The van der Waals surface area contributed by atoms with Crippen molar-refractivity contribution in [3.8, 4) is 0 Å². The van der Waals surface area contributed by atoms with E-state index in [-0.39, 0.29) is 18.7 Å². The van der Waals surface area contributed by atoms with E-state index in [9.17, 15) is 24.9 Å². The molecule has 1 rings (SSSR count). The molecule has 1 aromatic rings. The summed E-state index contributed by atoms with van der Waals surface area (Å²) >= 11 is 0. The first-order valence-electron chi connectivity index (χ1n) is 5.29. The molecule has 0 radical (unpaired) electrons. The maximum atomic E-state index is 11.0. The molecule has 0 heterocycles. The summed E-state index contributed by atoms with van der Waals surface area (Å²) in [6, 6.07) is 6.72. The van der Waals surface area contributed by atoms with Gasteiger partial charge in [-0.1, -0.05) is 30.3 Å². The fourth-order valence-corrected chi connectivity index (χ4v) is 1.61. The van der Waals surface area contributed by atoms with Crippen LogP contribution >= 0.6 is 0 Å². The number of benzene rings is 1. The van der Waals surface area contributed by atoms with Gasteiger partial charge in [0.25, 0.3) is 0 Å². The summed E-state index contributed by atoms with van der Waals surface area (Å²) < 4.78 is 0. The molecule has 0 aliphatic carbocycles. The van der Waals surface area contributed by atoms with Crippen LogP contribution in [-0.4, -0.2) is 28.7 Å². The summed E-state index contributed by atoms with van der Waals surface area (Å²) in [4.78, 5) is 21.4. The quantitative estimate of drug-likeness (QED) is 0.462. The van der Waals surface area contributed by atoms with Crippen molar-refractivity contribution < 1.29 is 24.9 Å². The third-order valence-electron chi connectivity index (χ3n) is 2.58. The Morgan fingerprint density at radius 1 is 1.20 bits per heavy atom. The molecule has 8 heteroatoms. The lowest BCUT2D eigenvalue weighted by Gasteiger charge is -2.32. The Bertz CT molecular complexity index is 440. The van der Waals surface area contributed by atoms with Crippen LogP contribution < -0.4 is 28.2 Å². The van der Waals surface area contributed by atoms with Gasteiger partial charge in [-0.3, -0.25) is 0 Å². The molecule has 20 heavy (non-hydrogen) atoms. The smallest absolute Gasteiger partial charge is 0.110 e. The number of carbonyl (C=O) groups excluding carboxylic acids is 2. The summed E-state index contributed by atoms with van der Waals surface area (Å²) in [7, 11) is 0. The van der Waals surface area contributed by atoms with Crippen LogP contribution in [0.25, 0.3) is 0 Å². The van der Waals surface area contributed by atoms with Crippen molar-refractivity contribution in [1.29, 1.82) is 0 Å². The second-order valence-electron chi connectivity index (χ2n) is 4.11. The standard InChI is InChI=1S/C12H15NO5.2H3N/c13-9(10(14)15)7-12(18,11(16)17)6-8-4-2-1-3-5-8;;/h1-5,9,18H,6-7,13H2,(H,14,15)(H,16,17);2*1H3/t9-,12+;;/m0../s1. The van der Waals surface area contributed by atoms with Crippen molar-refractivity contribution in [2.45, 2.75) is 24.5 Å². The van der Waals surface area contributed by atoms with E-state index < -0.39 is 30.0 Å². The van der Waals surface area contributed by atoms with Crippen LogP contribution in [0.15, 0.2) is 30.3 Å². The first-order chi connectivity index (χ1) is 8.35. The molecule has 0 amide bonds. The average Bonchev–Trinajstić information content (AvgIpc) is 2.29. The summed E-state index contributed by atoms with van der Waals surface area (Å²) in [6.45, 7) is 0. The van der Waals surface area contributed by atoms with Gasteiger partial charge in [-0.25, -0.2) is 0 Å². The zero-order valence-electron chi connectivity index (χ0n) is 11.5. The zero-order chi connectivity index (χ0) is 13.8. The Morgan fingerprint density at radius 2 is 1.70 bits per heavy atom. The first kappa shape index (κ1) is 20.3. The van der Waals surface area contributed by atoms with Crippen LogP contribution in [-0.2, 0) is 16.0 Å².